The minimum Gasteiger partial charge on any atom is -0.370 e. The molecule has 0 saturated heterocycles. The van der Waals surface area contributed by atoms with Crippen LogP contribution in [0.5, 0.6) is 0 Å². The molecule has 1 rings (SSSR count). The lowest BCUT2D eigenvalue weighted by atomic mass is 10.2. The standard InChI is InChI=1S/C12H18FN3O/c1-4-8(3)16-12(17)10-6-9(13)7-15-11(10)14-5-2/h6-8H,4-5H2,1-3H3,(H,14,15)(H,16,17). The predicted octanol–water partition coefficient (Wildman–Crippen LogP) is 2.18. The summed E-state index contributed by atoms with van der Waals surface area (Å²) in [4.78, 5) is 15.8. The molecule has 0 aliphatic rings. The number of pyridine rings is 1. The van der Waals surface area contributed by atoms with E-state index in [1.165, 1.54) is 6.07 Å². The fraction of sp³-hybridized carbons (Fsp3) is 0.500. The first-order valence-electron chi connectivity index (χ1n) is 5.78. The van der Waals surface area contributed by atoms with Gasteiger partial charge in [-0.2, -0.15) is 0 Å². The number of nitrogens with zero attached hydrogens (tertiary/aromatic N) is 1. The van der Waals surface area contributed by atoms with Crippen molar-refractivity contribution in [2.75, 3.05) is 11.9 Å². The quantitative estimate of drug-likeness (QED) is 0.828. The first-order chi connectivity index (χ1) is 8.08. The highest BCUT2D eigenvalue weighted by Gasteiger charge is 2.15. The second-order valence-corrected chi connectivity index (χ2v) is 3.86. The van der Waals surface area contributed by atoms with Gasteiger partial charge in [0.2, 0.25) is 0 Å². The topological polar surface area (TPSA) is 54.0 Å². The third-order valence-electron chi connectivity index (χ3n) is 2.43. The van der Waals surface area contributed by atoms with Gasteiger partial charge in [-0.25, -0.2) is 9.37 Å². The normalized spacial score (nSPS) is 12.0. The van der Waals surface area contributed by atoms with Crippen LogP contribution in [0.4, 0.5) is 10.2 Å². The summed E-state index contributed by atoms with van der Waals surface area (Å²) in [7, 11) is 0. The third kappa shape index (κ3) is 3.69. The van der Waals surface area contributed by atoms with Gasteiger partial charge in [0.05, 0.1) is 11.8 Å². The molecule has 0 aromatic carbocycles. The highest BCUT2D eigenvalue weighted by Crippen LogP contribution is 2.13. The van der Waals surface area contributed by atoms with E-state index in [-0.39, 0.29) is 17.5 Å². The average Bonchev–Trinajstić information content (AvgIpc) is 2.31. The Kier molecular flexibility index (Phi) is 4.87. The average molecular weight is 239 g/mol. The number of carbonyl (C=O) groups excluding carboxylic acids is 1. The Morgan fingerprint density at radius 3 is 2.82 bits per heavy atom. The van der Waals surface area contributed by atoms with Gasteiger partial charge in [-0.05, 0) is 26.3 Å². The van der Waals surface area contributed by atoms with Crippen molar-refractivity contribution < 1.29 is 9.18 Å². The molecular weight excluding hydrogens is 221 g/mol. The van der Waals surface area contributed by atoms with Gasteiger partial charge >= 0.3 is 0 Å². The molecule has 17 heavy (non-hydrogen) atoms. The lowest BCUT2D eigenvalue weighted by molar-refractivity contribution is 0.0939. The minimum absolute atomic E-state index is 0.0558. The van der Waals surface area contributed by atoms with Crippen molar-refractivity contribution in [3.63, 3.8) is 0 Å². The summed E-state index contributed by atoms with van der Waals surface area (Å²) in [5, 5.41) is 5.72. The molecule has 0 aliphatic carbocycles. The molecule has 0 aliphatic heterocycles. The van der Waals surface area contributed by atoms with Crippen LogP contribution in [-0.4, -0.2) is 23.5 Å². The van der Waals surface area contributed by atoms with Crippen molar-refractivity contribution in [2.45, 2.75) is 33.2 Å². The minimum atomic E-state index is -0.513. The Labute approximate surface area is 101 Å². The highest BCUT2D eigenvalue weighted by atomic mass is 19.1. The van der Waals surface area contributed by atoms with Crippen molar-refractivity contribution in [1.82, 2.24) is 10.3 Å². The molecule has 1 heterocycles. The van der Waals surface area contributed by atoms with Gasteiger partial charge in [0.1, 0.15) is 11.6 Å². The molecule has 0 spiro atoms. The van der Waals surface area contributed by atoms with E-state index in [0.717, 1.165) is 12.6 Å². The molecule has 1 aromatic rings. The van der Waals surface area contributed by atoms with Crippen LogP contribution >= 0.6 is 0 Å². The van der Waals surface area contributed by atoms with Gasteiger partial charge < -0.3 is 10.6 Å². The number of rotatable bonds is 5. The second-order valence-electron chi connectivity index (χ2n) is 3.86. The Hall–Kier alpha value is -1.65. The van der Waals surface area contributed by atoms with Crippen LogP contribution < -0.4 is 10.6 Å². The van der Waals surface area contributed by atoms with Crippen molar-refractivity contribution in [2.24, 2.45) is 0 Å². The lowest BCUT2D eigenvalue weighted by Crippen LogP contribution is -2.32. The fourth-order valence-corrected chi connectivity index (χ4v) is 1.32. The zero-order valence-electron chi connectivity index (χ0n) is 10.4. The maximum atomic E-state index is 13.1. The lowest BCUT2D eigenvalue weighted by Gasteiger charge is -2.13. The molecule has 0 saturated carbocycles. The van der Waals surface area contributed by atoms with Crippen molar-refractivity contribution in [1.29, 1.82) is 0 Å². The summed E-state index contributed by atoms with van der Waals surface area (Å²) in [5.41, 5.74) is 0.243. The van der Waals surface area contributed by atoms with Crippen LogP contribution in [0, 0.1) is 5.82 Å². The maximum absolute atomic E-state index is 13.1. The zero-order valence-corrected chi connectivity index (χ0v) is 10.4. The van der Waals surface area contributed by atoms with Crippen molar-refractivity contribution in [3.05, 3.63) is 23.6 Å². The number of carbonyl (C=O) groups is 1. The molecule has 4 nitrogen and oxygen atoms in total. The van der Waals surface area contributed by atoms with E-state index in [0.29, 0.717) is 12.4 Å². The Morgan fingerprint density at radius 1 is 1.53 bits per heavy atom. The van der Waals surface area contributed by atoms with Gasteiger partial charge in [-0.1, -0.05) is 6.92 Å². The number of hydrogen-bond donors (Lipinski definition) is 2. The maximum Gasteiger partial charge on any atom is 0.255 e. The molecule has 0 bridgehead atoms. The number of nitrogens with one attached hydrogen (secondary N) is 2. The summed E-state index contributed by atoms with van der Waals surface area (Å²) in [6.07, 6.45) is 1.92. The summed E-state index contributed by atoms with van der Waals surface area (Å²) in [6.45, 7) is 6.39. The van der Waals surface area contributed by atoms with Crippen LogP contribution in [0.15, 0.2) is 12.3 Å². The zero-order chi connectivity index (χ0) is 12.8. The van der Waals surface area contributed by atoms with Crippen molar-refractivity contribution in [3.8, 4) is 0 Å². The molecule has 1 amide bonds. The Morgan fingerprint density at radius 2 is 2.24 bits per heavy atom. The molecule has 1 unspecified atom stereocenters. The van der Waals surface area contributed by atoms with E-state index >= 15 is 0 Å². The van der Waals surface area contributed by atoms with Gasteiger partial charge in [0, 0.05) is 12.6 Å². The number of anilines is 1. The van der Waals surface area contributed by atoms with Crippen LogP contribution in [-0.2, 0) is 0 Å². The number of amides is 1. The van der Waals surface area contributed by atoms with E-state index in [1.807, 2.05) is 20.8 Å². The Balaban J connectivity index is 2.93. The number of aromatic nitrogens is 1. The van der Waals surface area contributed by atoms with Crippen LogP contribution in [0.3, 0.4) is 0 Å². The number of halogens is 1. The summed E-state index contributed by atoms with van der Waals surface area (Å²) in [6, 6.07) is 1.25. The van der Waals surface area contributed by atoms with E-state index in [2.05, 4.69) is 15.6 Å². The summed E-state index contributed by atoms with van der Waals surface area (Å²) in [5.74, 6) is -0.405. The first kappa shape index (κ1) is 13.4. The molecule has 1 aromatic heterocycles. The van der Waals surface area contributed by atoms with Gasteiger partial charge in [-0.15, -0.1) is 0 Å². The monoisotopic (exact) mass is 239 g/mol. The van der Waals surface area contributed by atoms with Gasteiger partial charge in [0.15, 0.2) is 0 Å². The smallest absolute Gasteiger partial charge is 0.255 e. The van der Waals surface area contributed by atoms with Crippen LogP contribution in [0.25, 0.3) is 0 Å². The molecule has 0 fully saturated rings. The molecule has 94 valence electrons. The number of hydrogen-bond acceptors (Lipinski definition) is 3. The molecular formula is C12H18FN3O. The molecule has 0 radical (unpaired) electrons. The molecule has 5 heteroatoms. The van der Waals surface area contributed by atoms with Crippen molar-refractivity contribution >= 4 is 11.7 Å². The summed E-state index contributed by atoms with van der Waals surface area (Å²) >= 11 is 0. The molecule has 2 N–H and O–H groups in total. The first-order valence-corrected chi connectivity index (χ1v) is 5.78. The fourth-order valence-electron chi connectivity index (χ4n) is 1.32. The van der Waals surface area contributed by atoms with E-state index < -0.39 is 5.82 Å². The van der Waals surface area contributed by atoms with Gasteiger partial charge in [0.25, 0.3) is 5.91 Å². The third-order valence-corrected chi connectivity index (χ3v) is 2.43. The van der Waals surface area contributed by atoms with E-state index in [9.17, 15) is 9.18 Å². The van der Waals surface area contributed by atoms with Crippen LogP contribution in [0.1, 0.15) is 37.6 Å². The molecule has 1 atom stereocenters. The van der Waals surface area contributed by atoms with E-state index in [4.69, 9.17) is 0 Å². The summed E-state index contributed by atoms with van der Waals surface area (Å²) < 4.78 is 13.1. The van der Waals surface area contributed by atoms with Crippen LogP contribution in [0.2, 0.25) is 0 Å². The predicted molar refractivity (Wildman–Crippen MR) is 65.6 cm³/mol. The highest BCUT2D eigenvalue weighted by molar-refractivity contribution is 5.98. The second kappa shape index (κ2) is 6.18. The van der Waals surface area contributed by atoms with E-state index in [1.54, 1.807) is 0 Å². The Bertz CT molecular complexity index is 395. The SMILES string of the molecule is CCNc1ncc(F)cc1C(=O)NC(C)CC. The largest absolute Gasteiger partial charge is 0.370 e. The van der Waals surface area contributed by atoms with Gasteiger partial charge in [-0.3, -0.25) is 4.79 Å².